The van der Waals surface area contributed by atoms with E-state index < -0.39 is 0 Å². The highest BCUT2D eigenvalue weighted by Crippen LogP contribution is 2.42. The Balaban J connectivity index is 2.36. The Bertz CT molecular complexity index is 970. The van der Waals surface area contributed by atoms with Crippen LogP contribution in [0.2, 0.25) is 0 Å². The fraction of sp³-hybridized carbons (Fsp3) is 0.217. The van der Waals surface area contributed by atoms with Crippen molar-refractivity contribution in [3.05, 3.63) is 82.5 Å². The molecule has 146 valence electrons. The van der Waals surface area contributed by atoms with E-state index in [1.54, 1.807) is 0 Å². The topological polar surface area (TPSA) is 60.7 Å². The van der Waals surface area contributed by atoms with Crippen LogP contribution in [0.5, 0.6) is 17.2 Å². The van der Waals surface area contributed by atoms with Crippen molar-refractivity contribution in [1.29, 1.82) is 0 Å². The third-order valence-corrected chi connectivity index (χ3v) is 6.51. The predicted octanol–water partition coefficient (Wildman–Crippen LogP) is 6.43. The number of phenolic OH excluding ortho intramolecular Hbond substituents is 3. The molecule has 0 aliphatic carbocycles. The molecule has 0 saturated carbocycles. The SMILES string of the molecule is Cc1cc(C(c2cc(C)c(O)c(C)c2)c2cc(I)cc(I)c2O)cc(C)c1O. The Hall–Kier alpha value is -1.48. The number of hydrogen-bond donors (Lipinski definition) is 3. The number of aryl methyl sites for hydroxylation is 4. The van der Waals surface area contributed by atoms with E-state index in [0.29, 0.717) is 11.5 Å². The van der Waals surface area contributed by atoms with Crippen LogP contribution < -0.4 is 0 Å². The maximum Gasteiger partial charge on any atom is 0.133 e. The van der Waals surface area contributed by atoms with Gasteiger partial charge in [0.05, 0.1) is 3.57 Å². The number of halogens is 2. The molecule has 0 aromatic heterocycles. The smallest absolute Gasteiger partial charge is 0.133 e. The summed E-state index contributed by atoms with van der Waals surface area (Å²) in [6.07, 6.45) is 0. The first kappa shape index (κ1) is 21.2. The van der Waals surface area contributed by atoms with E-state index >= 15 is 0 Å². The van der Waals surface area contributed by atoms with Gasteiger partial charge in [0, 0.05) is 15.1 Å². The van der Waals surface area contributed by atoms with Gasteiger partial charge in [0.2, 0.25) is 0 Å². The molecule has 3 aromatic carbocycles. The van der Waals surface area contributed by atoms with Crippen LogP contribution in [-0.2, 0) is 0 Å². The maximum atomic E-state index is 10.9. The quantitative estimate of drug-likeness (QED) is 0.240. The van der Waals surface area contributed by atoms with Crippen LogP contribution in [0.3, 0.4) is 0 Å². The summed E-state index contributed by atoms with van der Waals surface area (Å²) in [6, 6.07) is 11.8. The number of rotatable bonds is 3. The average molecular weight is 600 g/mol. The first-order valence-corrected chi connectivity index (χ1v) is 11.0. The number of benzene rings is 3. The highest BCUT2D eigenvalue weighted by atomic mass is 127. The second kappa shape index (κ2) is 8.10. The lowest BCUT2D eigenvalue weighted by Gasteiger charge is -2.23. The van der Waals surface area contributed by atoms with Crippen molar-refractivity contribution in [1.82, 2.24) is 0 Å². The van der Waals surface area contributed by atoms with Gasteiger partial charge in [-0.05, 0) is 118 Å². The standard InChI is InChI=1S/C23H22I2O3/c1-11-5-15(6-12(2)21(11)26)20(16-7-13(3)22(27)14(4)8-16)18-9-17(24)10-19(25)23(18)28/h5-10,20,26-28H,1-4H3. The normalized spacial score (nSPS) is 11.2. The van der Waals surface area contributed by atoms with E-state index in [9.17, 15) is 15.3 Å². The molecule has 0 bridgehead atoms. The van der Waals surface area contributed by atoms with Gasteiger partial charge in [-0.25, -0.2) is 0 Å². The van der Waals surface area contributed by atoms with Gasteiger partial charge in [0.1, 0.15) is 17.2 Å². The zero-order valence-corrected chi connectivity index (χ0v) is 20.5. The molecule has 0 atom stereocenters. The largest absolute Gasteiger partial charge is 0.507 e. The third kappa shape index (κ3) is 3.96. The summed E-state index contributed by atoms with van der Waals surface area (Å²) in [7, 11) is 0. The fourth-order valence-electron chi connectivity index (χ4n) is 3.67. The van der Waals surface area contributed by atoms with E-state index in [1.807, 2.05) is 64.1 Å². The molecule has 0 unspecified atom stereocenters. The molecule has 0 fully saturated rings. The van der Waals surface area contributed by atoms with E-state index in [0.717, 1.165) is 46.1 Å². The molecule has 0 saturated heterocycles. The molecule has 3 rings (SSSR count). The first-order valence-electron chi connectivity index (χ1n) is 8.88. The molecular weight excluding hydrogens is 578 g/mol. The lowest BCUT2D eigenvalue weighted by atomic mass is 9.82. The van der Waals surface area contributed by atoms with Crippen molar-refractivity contribution in [2.45, 2.75) is 33.6 Å². The minimum Gasteiger partial charge on any atom is -0.507 e. The van der Waals surface area contributed by atoms with Crippen LogP contribution in [0.15, 0.2) is 36.4 Å². The lowest BCUT2D eigenvalue weighted by molar-refractivity contribution is 0.462. The monoisotopic (exact) mass is 600 g/mol. The number of phenols is 3. The third-order valence-electron chi connectivity index (χ3n) is 5.06. The van der Waals surface area contributed by atoms with Crippen molar-refractivity contribution in [2.24, 2.45) is 0 Å². The zero-order chi connectivity index (χ0) is 20.7. The number of aromatic hydroxyl groups is 3. The van der Waals surface area contributed by atoms with Crippen LogP contribution in [0, 0.1) is 34.8 Å². The highest BCUT2D eigenvalue weighted by Gasteiger charge is 2.24. The Kier molecular flexibility index (Phi) is 6.14. The molecule has 0 spiro atoms. The van der Waals surface area contributed by atoms with Crippen molar-refractivity contribution >= 4 is 45.2 Å². The summed E-state index contributed by atoms with van der Waals surface area (Å²) in [5.74, 6) is 0.626. The molecule has 28 heavy (non-hydrogen) atoms. The molecule has 0 heterocycles. The minimum atomic E-state index is -0.223. The molecule has 0 radical (unpaired) electrons. The first-order chi connectivity index (χ1) is 13.1. The highest BCUT2D eigenvalue weighted by molar-refractivity contribution is 14.1. The molecular formula is C23H22I2O3. The minimum absolute atomic E-state index is 0.223. The van der Waals surface area contributed by atoms with Crippen LogP contribution in [0.4, 0.5) is 0 Å². The van der Waals surface area contributed by atoms with Crippen LogP contribution >= 0.6 is 45.2 Å². The van der Waals surface area contributed by atoms with Crippen molar-refractivity contribution in [3.63, 3.8) is 0 Å². The van der Waals surface area contributed by atoms with Crippen molar-refractivity contribution < 1.29 is 15.3 Å². The van der Waals surface area contributed by atoms with Gasteiger partial charge in [0.25, 0.3) is 0 Å². The van der Waals surface area contributed by atoms with Gasteiger partial charge in [-0.2, -0.15) is 0 Å². The van der Waals surface area contributed by atoms with Gasteiger partial charge in [-0.15, -0.1) is 0 Å². The molecule has 0 amide bonds. The Morgan fingerprint density at radius 3 is 1.39 bits per heavy atom. The zero-order valence-electron chi connectivity index (χ0n) is 16.1. The van der Waals surface area contributed by atoms with Crippen LogP contribution in [0.1, 0.15) is 44.9 Å². The Labute approximate surface area is 192 Å². The Morgan fingerprint density at radius 2 is 1.00 bits per heavy atom. The van der Waals surface area contributed by atoms with E-state index in [-0.39, 0.29) is 11.7 Å². The van der Waals surface area contributed by atoms with Crippen LogP contribution in [0.25, 0.3) is 0 Å². The van der Waals surface area contributed by atoms with Gasteiger partial charge in [-0.3, -0.25) is 0 Å². The fourth-order valence-corrected chi connectivity index (χ4v) is 5.56. The summed E-state index contributed by atoms with van der Waals surface area (Å²) < 4.78 is 1.84. The molecule has 3 nitrogen and oxygen atoms in total. The molecule has 3 aromatic rings. The van der Waals surface area contributed by atoms with Crippen molar-refractivity contribution in [2.75, 3.05) is 0 Å². The van der Waals surface area contributed by atoms with Gasteiger partial charge >= 0.3 is 0 Å². The van der Waals surface area contributed by atoms with Gasteiger partial charge < -0.3 is 15.3 Å². The predicted molar refractivity (Wildman–Crippen MR) is 130 cm³/mol. The van der Waals surface area contributed by atoms with E-state index in [2.05, 4.69) is 45.2 Å². The number of hydrogen-bond acceptors (Lipinski definition) is 3. The average Bonchev–Trinajstić information content (AvgIpc) is 2.61. The summed E-state index contributed by atoms with van der Waals surface area (Å²) in [5, 5.41) is 31.4. The van der Waals surface area contributed by atoms with Gasteiger partial charge in [-0.1, -0.05) is 24.3 Å². The van der Waals surface area contributed by atoms with E-state index in [4.69, 9.17) is 0 Å². The molecule has 5 heteroatoms. The van der Waals surface area contributed by atoms with Crippen LogP contribution in [-0.4, -0.2) is 15.3 Å². The molecule has 0 aliphatic heterocycles. The maximum absolute atomic E-state index is 10.9. The van der Waals surface area contributed by atoms with E-state index in [1.165, 1.54) is 0 Å². The van der Waals surface area contributed by atoms with Crippen molar-refractivity contribution in [3.8, 4) is 17.2 Å². The molecule has 0 aliphatic rings. The van der Waals surface area contributed by atoms with Gasteiger partial charge in [0.15, 0.2) is 0 Å². The second-order valence-electron chi connectivity index (χ2n) is 7.27. The lowest BCUT2D eigenvalue weighted by Crippen LogP contribution is -2.07. The Morgan fingerprint density at radius 1 is 0.607 bits per heavy atom. The molecule has 3 N–H and O–H groups in total. The summed E-state index contributed by atoms with van der Waals surface area (Å²) in [4.78, 5) is 0. The summed E-state index contributed by atoms with van der Waals surface area (Å²) in [5.41, 5.74) is 5.99. The summed E-state index contributed by atoms with van der Waals surface area (Å²) >= 11 is 4.41. The second-order valence-corrected chi connectivity index (χ2v) is 9.67. The summed E-state index contributed by atoms with van der Waals surface area (Å²) in [6.45, 7) is 7.53.